The van der Waals surface area contributed by atoms with Crippen molar-refractivity contribution in [3.05, 3.63) is 41.5 Å². The molecular formula is C15H19N3O3. The van der Waals surface area contributed by atoms with E-state index in [2.05, 4.69) is 10.1 Å². The molecule has 0 bridgehead atoms. The van der Waals surface area contributed by atoms with Crippen molar-refractivity contribution in [1.29, 1.82) is 0 Å². The molecule has 2 rings (SSSR count). The van der Waals surface area contributed by atoms with E-state index >= 15 is 0 Å². The first-order chi connectivity index (χ1) is 10.1. The molecule has 0 aliphatic heterocycles. The van der Waals surface area contributed by atoms with Gasteiger partial charge in [0.05, 0.1) is 7.11 Å². The third-order valence-corrected chi connectivity index (χ3v) is 3.10. The van der Waals surface area contributed by atoms with E-state index in [0.717, 1.165) is 11.3 Å². The SMILES string of the molecule is COc1cccc(CN(C)C(=O)CCc2nc(C)no2)c1. The molecule has 112 valence electrons. The number of nitrogens with zero attached hydrogens (tertiary/aromatic N) is 3. The van der Waals surface area contributed by atoms with Gasteiger partial charge in [-0.2, -0.15) is 4.98 Å². The maximum Gasteiger partial charge on any atom is 0.227 e. The maximum atomic E-state index is 12.1. The predicted molar refractivity (Wildman–Crippen MR) is 76.8 cm³/mol. The number of benzene rings is 1. The standard InChI is InChI=1S/C15H19N3O3/c1-11-16-14(21-17-11)7-8-15(19)18(2)10-12-5-4-6-13(9-12)20-3/h4-6,9H,7-8,10H2,1-3H3. The molecule has 2 aromatic rings. The minimum Gasteiger partial charge on any atom is -0.497 e. The zero-order valence-electron chi connectivity index (χ0n) is 12.5. The van der Waals surface area contributed by atoms with Crippen LogP contribution < -0.4 is 4.74 Å². The number of carbonyl (C=O) groups is 1. The molecule has 6 heteroatoms. The van der Waals surface area contributed by atoms with Gasteiger partial charge in [0.15, 0.2) is 5.82 Å². The third kappa shape index (κ3) is 4.30. The van der Waals surface area contributed by atoms with Crippen molar-refractivity contribution in [1.82, 2.24) is 15.0 Å². The van der Waals surface area contributed by atoms with Gasteiger partial charge in [-0.1, -0.05) is 17.3 Å². The lowest BCUT2D eigenvalue weighted by Gasteiger charge is -2.17. The molecule has 0 fully saturated rings. The quantitative estimate of drug-likeness (QED) is 0.813. The van der Waals surface area contributed by atoms with E-state index in [1.54, 1.807) is 26.0 Å². The summed E-state index contributed by atoms with van der Waals surface area (Å²) in [5.41, 5.74) is 1.03. The number of rotatable bonds is 6. The Labute approximate surface area is 123 Å². The van der Waals surface area contributed by atoms with Gasteiger partial charge >= 0.3 is 0 Å². The molecule has 1 amide bonds. The molecule has 0 aliphatic rings. The minimum atomic E-state index is 0.0358. The second kappa shape index (κ2) is 6.88. The number of hydrogen-bond donors (Lipinski definition) is 0. The Morgan fingerprint density at radius 3 is 2.90 bits per heavy atom. The van der Waals surface area contributed by atoms with Gasteiger partial charge in [-0.05, 0) is 24.6 Å². The summed E-state index contributed by atoms with van der Waals surface area (Å²) in [6.45, 7) is 2.29. The van der Waals surface area contributed by atoms with Crippen LogP contribution in [0.3, 0.4) is 0 Å². The fraction of sp³-hybridized carbons (Fsp3) is 0.400. The van der Waals surface area contributed by atoms with Crippen LogP contribution in [0.15, 0.2) is 28.8 Å². The number of aryl methyl sites for hydroxylation is 2. The second-order valence-electron chi connectivity index (χ2n) is 4.84. The maximum absolute atomic E-state index is 12.1. The highest BCUT2D eigenvalue weighted by Crippen LogP contribution is 2.14. The lowest BCUT2D eigenvalue weighted by Crippen LogP contribution is -2.26. The molecule has 0 radical (unpaired) electrons. The molecule has 0 aliphatic carbocycles. The van der Waals surface area contributed by atoms with E-state index in [9.17, 15) is 4.79 Å². The number of aromatic nitrogens is 2. The average molecular weight is 289 g/mol. The summed E-state index contributed by atoms with van der Waals surface area (Å²) in [4.78, 5) is 17.8. The molecule has 0 N–H and O–H groups in total. The zero-order valence-corrected chi connectivity index (χ0v) is 12.5. The summed E-state index contributed by atoms with van der Waals surface area (Å²) in [5, 5.41) is 3.70. The van der Waals surface area contributed by atoms with Crippen LogP contribution in [0.25, 0.3) is 0 Å². The highest BCUT2D eigenvalue weighted by atomic mass is 16.5. The van der Waals surface area contributed by atoms with Crippen molar-refractivity contribution >= 4 is 5.91 Å². The van der Waals surface area contributed by atoms with E-state index in [4.69, 9.17) is 9.26 Å². The molecule has 0 spiro atoms. The van der Waals surface area contributed by atoms with Gasteiger partial charge < -0.3 is 14.2 Å². The van der Waals surface area contributed by atoms with Crippen LogP contribution in [0.1, 0.15) is 23.7 Å². The summed E-state index contributed by atoms with van der Waals surface area (Å²) in [5.74, 6) is 1.90. The van der Waals surface area contributed by atoms with Crippen molar-refractivity contribution in [3.63, 3.8) is 0 Å². The van der Waals surface area contributed by atoms with Crippen molar-refractivity contribution in [2.75, 3.05) is 14.2 Å². The van der Waals surface area contributed by atoms with E-state index < -0.39 is 0 Å². The van der Waals surface area contributed by atoms with E-state index in [0.29, 0.717) is 31.1 Å². The lowest BCUT2D eigenvalue weighted by atomic mass is 10.2. The Morgan fingerprint density at radius 1 is 1.43 bits per heavy atom. The molecule has 1 heterocycles. The number of hydrogen-bond acceptors (Lipinski definition) is 5. The third-order valence-electron chi connectivity index (χ3n) is 3.10. The first-order valence-electron chi connectivity index (χ1n) is 6.74. The fourth-order valence-electron chi connectivity index (χ4n) is 1.98. The average Bonchev–Trinajstić information content (AvgIpc) is 2.90. The van der Waals surface area contributed by atoms with Crippen molar-refractivity contribution < 1.29 is 14.1 Å². The molecule has 1 aromatic carbocycles. The van der Waals surface area contributed by atoms with Crippen LogP contribution in [0.5, 0.6) is 5.75 Å². The minimum absolute atomic E-state index is 0.0358. The van der Waals surface area contributed by atoms with Crippen LogP contribution in [-0.4, -0.2) is 35.1 Å². The first kappa shape index (κ1) is 15.0. The van der Waals surface area contributed by atoms with E-state index in [-0.39, 0.29) is 5.91 Å². The molecule has 0 saturated carbocycles. The van der Waals surface area contributed by atoms with Gasteiger partial charge in [-0.3, -0.25) is 4.79 Å². The Kier molecular flexibility index (Phi) is 4.92. The van der Waals surface area contributed by atoms with Gasteiger partial charge in [0.1, 0.15) is 5.75 Å². The number of ether oxygens (including phenoxy) is 1. The topological polar surface area (TPSA) is 68.5 Å². The lowest BCUT2D eigenvalue weighted by molar-refractivity contribution is -0.130. The molecule has 6 nitrogen and oxygen atoms in total. The number of methoxy groups -OCH3 is 1. The van der Waals surface area contributed by atoms with Gasteiger partial charge in [0.25, 0.3) is 0 Å². The first-order valence-corrected chi connectivity index (χ1v) is 6.74. The van der Waals surface area contributed by atoms with Crippen molar-refractivity contribution in [2.45, 2.75) is 26.3 Å². The van der Waals surface area contributed by atoms with Crippen LogP contribution >= 0.6 is 0 Å². The smallest absolute Gasteiger partial charge is 0.227 e. The van der Waals surface area contributed by atoms with Crippen LogP contribution in [0.4, 0.5) is 0 Å². The fourth-order valence-corrected chi connectivity index (χ4v) is 1.98. The summed E-state index contributed by atoms with van der Waals surface area (Å²) in [6.07, 6.45) is 0.810. The Hall–Kier alpha value is -2.37. The highest BCUT2D eigenvalue weighted by Gasteiger charge is 2.12. The molecular weight excluding hydrogens is 270 g/mol. The Bertz CT molecular complexity index is 610. The largest absolute Gasteiger partial charge is 0.497 e. The number of amides is 1. The monoisotopic (exact) mass is 289 g/mol. The number of carbonyl (C=O) groups excluding carboxylic acids is 1. The van der Waals surface area contributed by atoms with E-state index in [1.165, 1.54) is 0 Å². The van der Waals surface area contributed by atoms with Crippen LogP contribution in [-0.2, 0) is 17.8 Å². The molecule has 0 saturated heterocycles. The van der Waals surface area contributed by atoms with Crippen LogP contribution in [0, 0.1) is 6.92 Å². The van der Waals surface area contributed by atoms with Gasteiger partial charge in [-0.15, -0.1) is 0 Å². The molecule has 21 heavy (non-hydrogen) atoms. The second-order valence-corrected chi connectivity index (χ2v) is 4.84. The zero-order chi connectivity index (χ0) is 15.2. The molecule has 1 aromatic heterocycles. The molecule has 0 unspecified atom stereocenters. The predicted octanol–water partition coefficient (Wildman–Crippen LogP) is 1.98. The summed E-state index contributed by atoms with van der Waals surface area (Å²) < 4.78 is 10.2. The molecule has 0 atom stereocenters. The van der Waals surface area contributed by atoms with Gasteiger partial charge in [0, 0.05) is 26.4 Å². The Balaban J connectivity index is 1.87. The van der Waals surface area contributed by atoms with Gasteiger partial charge in [0.2, 0.25) is 11.8 Å². The summed E-state index contributed by atoms with van der Waals surface area (Å²) in [7, 11) is 3.40. The summed E-state index contributed by atoms with van der Waals surface area (Å²) in [6, 6.07) is 7.68. The van der Waals surface area contributed by atoms with Crippen molar-refractivity contribution in [2.24, 2.45) is 0 Å². The highest BCUT2D eigenvalue weighted by molar-refractivity contribution is 5.76. The summed E-state index contributed by atoms with van der Waals surface area (Å²) >= 11 is 0. The van der Waals surface area contributed by atoms with Crippen molar-refractivity contribution in [3.8, 4) is 5.75 Å². The normalized spacial score (nSPS) is 10.4. The van der Waals surface area contributed by atoms with Crippen LogP contribution in [0.2, 0.25) is 0 Å². The van der Waals surface area contributed by atoms with Gasteiger partial charge in [-0.25, -0.2) is 0 Å². The van der Waals surface area contributed by atoms with E-state index in [1.807, 2.05) is 24.3 Å². The Morgan fingerprint density at radius 2 is 2.24 bits per heavy atom.